The van der Waals surface area contributed by atoms with Gasteiger partial charge in [-0.2, -0.15) is 10.2 Å². The number of rotatable bonds is 3. The van der Waals surface area contributed by atoms with Gasteiger partial charge in [-0.1, -0.05) is 12.1 Å². The van der Waals surface area contributed by atoms with Gasteiger partial charge in [0.25, 0.3) is 5.69 Å². The number of anilines is 1. The molecular weight excluding hydrogens is 332 g/mol. The quantitative estimate of drug-likeness (QED) is 0.344. The number of benzene rings is 2. The van der Waals surface area contributed by atoms with E-state index in [1.165, 1.54) is 12.3 Å². The van der Waals surface area contributed by atoms with E-state index in [1.54, 1.807) is 10.7 Å². The lowest BCUT2D eigenvalue weighted by molar-refractivity contribution is -0.383. The van der Waals surface area contributed by atoms with Crippen LogP contribution in [0, 0.1) is 10.1 Å². The molecule has 134 valence electrons. The lowest BCUT2D eigenvalue weighted by Gasteiger charge is -1.98. The third kappa shape index (κ3) is 3.08. The molecule has 4 rings (SSSR count). The lowest BCUT2D eigenvalue weighted by Crippen LogP contribution is -1.95. The van der Waals surface area contributed by atoms with Crippen molar-refractivity contribution in [3.05, 3.63) is 58.9 Å². The second-order valence-corrected chi connectivity index (χ2v) is 5.67. The van der Waals surface area contributed by atoms with Crippen molar-refractivity contribution < 1.29 is 4.92 Å². The highest BCUT2D eigenvalue weighted by Crippen LogP contribution is 2.24. The molecule has 8 heteroatoms. The fraction of sp³-hybridized carbons (Fsp3) is 0.222. The monoisotopic (exact) mass is 352 g/mol. The highest BCUT2D eigenvalue weighted by molar-refractivity contribution is 5.90. The molecule has 26 heavy (non-hydrogen) atoms. The van der Waals surface area contributed by atoms with Crippen LogP contribution in [0.3, 0.4) is 0 Å². The SMILES string of the molecule is CCn1ncc2c(N)cccc21.CCn1ncc2c([N+](=O)[O-])cccc21. The van der Waals surface area contributed by atoms with Crippen molar-refractivity contribution in [2.45, 2.75) is 26.9 Å². The second-order valence-electron chi connectivity index (χ2n) is 5.67. The maximum atomic E-state index is 10.7. The van der Waals surface area contributed by atoms with Gasteiger partial charge in [-0.15, -0.1) is 0 Å². The molecule has 0 saturated carbocycles. The molecule has 0 bridgehead atoms. The van der Waals surface area contributed by atoms with Crippen LogP contribution in [0.1, 0.15) is 13.8 Å². The maximum absolute atomic E-state index is 10.7. The van der Waals surface area contributed by atoms with E-state index in [9.17, 15) is 10.1 Å². The van der Waals surface area contributed by atoms with Crippen LogP contribution in [0.4, 0.5) is 11.4 Å². The van der Waals surface area contributed by atoms with Gasteiger partial charge in [-0.05, 0) is 32.0 Å². The van der Waals surface area contributed by atoms with Gasteiger partial charge in [0.05, 0.1) is 33.7 Å². The summed E-state index contributed by atoms with van der Waals surface area (Å²) in [6.45, 7) is 5.61. The number of hydrogen-bond acceptors (Lipinski definition) is 5. The third-order valence-corrected chi connectivity index (χ3v) is 4.18. The van der Waals surface area contributed by atoms with Crippen LogP contribution in [-0.2, 0) is 13.1 Å². The van der Waals surface area contributed by atoms with E-state index < -0.39 is 0 Å². The smallest absolute Gasteiger partial charge is 0.280 e. The Kier molecular flexibility index (Phi) is 4.83. The molecule has 2 aromatic carbocycles. The van der Waals surface area contributed by atoms with E-state index in [4.69, 9.17) is 5.73 Å². The van der Waals surface area contributed by atoms with Crippen LogP contribution < -0.4 is 5.73 Å². The van der Waals surface area contributed by atoms with Crippen LogP contribution >= 0.6 is 0 Å². The van der Waals surface area contributed by atoms with Gasteiger partial charge in [0.1, 0.15) is 0 Å². The van der Waals surface area contributed by atoms with Crippen LogP contribution in [0.5, 0.6) is 0 Å². The van der Waals surface area contributed by atoms with E-state index in [0.717, 1.165) is 28.7 Å². The Balaban J connectivity index is 0.000000152. The first kappa shape index (κ1) is 17.4. The molecule has 0 radical (unpaired) electrons. The molecule has 0 aliphatic heterocycles. The minimum Gasteiger partial charge on any atom is -0.398 e. The van der Waals surface area contributed by atoms with Gasteiger partial charge in [-0.25, -0.2) is 0 Å². The van der Waals surface area contributed by atoms with Crippen molar-refractivity contribution in [1.29, 1.82) is 0 Å². The largest absolute Gasteiger partial charge is 0.398 e. The number of nitrogens with zero attached hydrogens (tertiary/aromatic N) is 5. The molecule has 2 aromatic heterocycles. The molecule has 0 aliphatic rings. The Labute approximate surface area is 150 Å². The molecule has 0 spiro atoms. The summed E-state index contributed by atoms with van der Waals surface area (Å²) in [6.07, 6.45) is 3.35. The average Bonchev–Trinajstić information content (AvgIpc) is 3.26. The van der Waals surface area contributed by atoms with E-state index in [1.807, 2.05) is 42.1 Å². The fourth-order valence-corrected chi connectivity index (χ4v) is 2.88. The standard InChI is InChI=1S/C9H9N3O2.C9H11N3/c1-2-11-8-4-3-5-9(12(13)14)7(8)6-10-11;1-2-12-9-5-3-4-8(10)7(9)6-11-12/h3-6H,2H2,1H3;3-6H,2,10H2,1H3. The van der Waals surface area contributed by atoms with Gasteiger partial charge in [0.2, 0.25) is 0 Å². The minimum atomic E-state index is -0.385. The van der Waals surface area contributed by atoms with Crippen molar-refractivity contribution in [2.75, 3.05) is 5.73 Å². The number of aryl methyl sites for hydroxylation is 2. The van der Waals surface area contributed by atoms with Gasteiger partial charge >= 0.3 is 0 Å². The molecule has 0 amide bonds. The van der Waals surface area contributed by atoms with E-state index in [-0.39, 0.29) is 10.6 Å². The average molecular weight is 352 g/mol. The fourth-order valence-electron chi connectivity index (χ4n) is 2.88. The summed E-state index contributed by atoms with van der Waals surface area (Å²) < 4.78 is 3.67. The highest BCUT2D eigenvalue weighted by atomic mass is 16.6. The number of aromatic nitrogens is 4. The first-order chi connectivity index (χ1) is 12.6. The Bertz CT molecular complexity index is 1070. The zero-order valence-corrected chi connectivity index (χ0v) is 14.7. The first-order valence-corrected chi connectivity index (χ1v) is 8.35. The Morgan fingerprint density at radius 2 is 1.50 bits per heavy atom. The normalized spacial score (nSPS) is 10.7. The van der Waals surface area contributed by atoms with Gasteiger partial charge in [-0.3, -0.25) is 19.5 Å². The van der Waals surface area contributed by atoms with Crippen molar-refractivity contribution in [3.8, 4) is 0 Å². The number of nitrogen functional groups attached to an aromatic ring is 1. The predicted octanol–water partition coefficient (Wildman–Crippen LogP) is 3.60. The highest BCUT2D eigenvalue weighted by Gasteiger charge is 2.13. The zero-order chi connectivity index (χ0) is 18.7. The molecule has 2 N–H and O–H groups in total. The summed E-state index contributed by atoms with van der Waals surface area (Å²) in [4.78, 5) is 10.3. The number of hydrogen-bond donors (Lipinski definition) is 1. The second kappa shape index (κ2) is 7.22. The van der Waals surface area contributed by atoms with Crippen molar-refractivity contribution in [2.24, 2.45) is 0 Å². The molecule has 0 unspecified atom stereocenters. The Morgan fingerprint density at radius 3 is 2.08 bits per heavy atom. The minimum absolute atomic E-state index is 0.113. The van der Waals surface area contributed by atoms with Crippen LogP contribution in [0.2, 0.25) is 0 Å². The van der Waals surface area contributed by atoms with E-state index >= 15 is 0 Å². The number of nitro benzene ring substituents is 1. The summed E-state index contributed by atoms with van der Waals surface area (Å²) in [5.41, 5.74) is 8.60. The van der Waals surface area contributed by atoms with Crippen LogP contribution in [0.15, 0.2) is 48.8 Å². The number of fused-ring (bicyclic) bond motifs is 2. The summed E-state index contributed by atoms with van der Waals surface area (Å²) in [7, 11) is 0. The van der Waals surface area contributed by atoms with Crippen LogP contribution in [-0.4, -0.2) is 24.5 Å². The third-order valence-electron chi connectivity index (χ3n) is 4.18. The predicted molar refractivity (Wildman–Crippen MR) is 102 cm³/mol. The van der Waals surface area contributed by atoms with Crippen LogP contribution in [0.25, 0.3) is 21.8 Å². The van der Waals surface area contributed by atoms with Crippen molar-refractivity contribution >= 4 is 33.2 Å². The molecule has 0 aliphatic carbocycles. The first-order valence-electron chi connectivity index (χ1n) is 8.35. The molecule has 4 aromatic rings. The summed E-state index contributed by atoms with van der Waals surface area (Å²) in [6, 6.07) is 10.9. The maximum Gasteiger partial charge on any atom is 0.280 e. The van der Waals surface area contributed by atoms with Crippen molar-refractivity contribution in [3.63, 3.8) is 0 Å². The van der Waals surface area contributed by atoms with E-state index in [0.29, 0.717) is 11.9 Å². The topological polar surface area (TPSA) is 105 Å². The molecule has 0 atom stereocenters. The summed E-state index contributed by atoms with van der Waals surface area (Å²) in [5, 5.41) is 20.6. The molecule has 2 heterocycles. The zero-order valence-electron chi connectivity index (χ0n) is 14.7. The molecule has 0 fully saturated rings. The Morgan fingerprint density at radius 1 is 0.962 bits per heavy atom. The van der Waals surface area contributed by atoms with Gasteiger partial charge in [0, 0.05) is 30.2 Å². The Hall–Kier alpha value is -3.42. The molecule has 8 nitrogen and oxygen atoms in total. The lowest BCUT2D eigenvalue weighted by atomic mass is 10.2. The van der Waals surface area contributed by atoms with Gasteiger partial charge < -0.3 is 5.73 Å². The number of non-ortho nitro benzene ring substituents is 1. The van der Waals surface area contributed by atoms with Gasteiger partial charge in [0.15, 0.2) is 0 Å². The number of nitrogens with two attached hydrogens (primary N) is 1. The number of nitro groups is 1. The summed E-state index contributed by atoms with van der Waals surface area (Å²) >= 11 is 0. The summed E-state index contributed by atoms with van der Waals surface area (Å²) in [5.74, 6) is 0. The van der Waals surface area contributed by atoms with Crippen molar-refractivity contribution in [1.82, 2.24) is 19.6 Å². The molecule has 0 saturated heterocycles. The van der Waals surface area contributed by atoms with E-state index in [2.05, 4.69) is 17.1 Å². The molecular formula is C18H20N6O2.